The summed E-state index contributed by atoms with van der Waals surface area (Å²) in [5.41, 5.74) is 3.43. The van der Waals surface area contributed by atoms with Gasteiger partial charge in [0.25, 0.3) is 11.6 Å². The molecule has 0 atom stereocenters. The molecule has 0 spiro atoms. The fraction of sp³-hybridized carbons (Fsp3) is 0.300. The summed E-state index contributed by atoms with van der Waals surface area (Å²) in [4.78, 5) is 24.0. The molecule has 0 N–H and O–H groups in total. The molecule has 138 valence electrons. The lowest BCUT2D eigenvalue weighted by molar-refractivity contribution is 0.0786. The maximum absolute atomic E-state index is 13.2. The van der Waals surface area contributed by atoms with Crippen molar-refractivity contribution in [3.8, 4) is 0 Å². The van der Waals surface area contributed by atoms with Crippen molar-refractivity contribution in [1.29, 1.82) is 0 Å². The van der Waals surface area contributed by atoms with Gasteiger partial charge in [-0.15, -0.1) is 11.3 Å². The minimum atomic E-state index is -0.0881. The highest BCUT2D eigenvalue weighted by molar-refractivity contribution is 7.18. The minimum Gasteiger partial charge on any atom is -0.336 e. The molecule has 0 aliphatic carbocycles. The number of pyridine rings is 1. The summed E-state index contributed by atoms with van der Waals surface area (Å²) in [6, 6.07) is 9.85. The van der Waals surface area contributed by atoms with Gasteiger partial charge in [0, 0.05) is 12.7 Å². The van der Waals surface area contributed by atoms with Gasteiger partial charge in [-0.2, -0.15) is 0 Å². The van der Waals surface area contributed by atoms with E-state index in [0.717, 1.165) is 20.9 Å². The van der Waals surface area contributed by atoms with Crippen LogP contribution in [0.15, 0.2) is 34.9 Å². The zero-order valence-corrected chi connectivity index (χ0v) is 16.5. The van der Waals surface area contributed by atoms with E-state index in [1.807, 2.05) is 51.1 Å². The molecule has 0 aliphatic heterocycles. The van der Waals surface area contributed by atoms with Crippen LogP contribution in [0.3, 0.4) is 0 Å². The van der Waals surface area contributed by atoms with Gasteiger partial charge in [-0.3, -0.25) is 4.79 Å². The van der Waals surface area contributed by atoms with Crippen LogP contribution in [0.5, 0.6) is 0 Å². The Bertz CT molecular complexity index is 1110. The van der Waals surface area contributed by atoms with E-state index in [1.165, 1.54) is 0 Å². The van der Waals surface area contributed by atoms with Crippen LogP contribution in [0, 0.1) is 6.92 Å². The third-order valence-corrected chi connectivity index (χ3v) is 5.54. The standard InChI is InChI=1S/C20H20N4O2S/c1-11(2)15-9-13(18-12(3)23-26-19(18)22-15)20(25)24(4)10-17-21-14-7-5-6-8-16(14)27-17/h5-9,11H,10H2,1-4H3. The molecule has 0 fully saturated rings. The third kappa shape index (κ3) is 3.19. The third-order valence-electron chi connectivity index (χ3n) is 4.52. The molecule has 3 aromatic heterocycles. The van der Waals surface area contributed by atoms with Crippen molar-refractivity contribution >= 4 is 38.6 Å². The Morgan fingerprint density at radius 1 is 1.26 bits per heavy atom. The number of para-hydroxylation sites is 1. The summed E-state index contributed by atoms with van der Waals surface area (Å²) in [5.74, 6) is 0.0933. The molecule has 6 nitrogen and oxygen atoms in total. The summed E-state index contributed by atoms with van der Waals surface area (Å²) in [6.07, 6.45) is 0. The van der Waals surface area contributed by atoms with Gasteiger partial charge in [-0.25, -0.2) is 9.97 Å². The van der Waals surface area contributed by atoms with Crippen molar-refractivity contribution in [1.82, 2.24) is 20.0 Å². The van der Waals surface area contributed by atoms with Crippen LogP contribution >= 0.6 is 11.3 Å². The van der Waals surface area contributed by atoms with E-state index < -0.39 is 0 Å². The Hall–Kier alpha value is -2.80. The quantitative estimate of drug-likeness (QED) is 0.520. The zero-order valence-electron chi connectivity index (χ0n) is 15.7. The molecule has 0 radical (unpaired) electrons. The molecule has 27 heavy (non-hydrogen) atoms. The maximum Gasteiger partial charge on any atom is 0.259 e. The Balaban J connectivity index is 1.69. The molecule has 0 saturated heterocycles. The van der Waals surface area contributed by atoms with E-state index in [9.17, 15) is 4.79 Å². The second kappa shape index (κ2) is 6.74. The molecule has 4 rings (SSSR count). The van der Waals surface area contributed by atoms with Crippen molar-refractivity contribution in [3.63, 3.8) is 0 Å². The van der Waals surface area contributed by atoms with Gasteiger partial charge < -0.3 is 9.42 Å². The second-order valence-electron chi connectivity index (χ2n) is 6.93. The second-order valence-corrected chi connectivity index (χ2v) is 8.05. The summed E-state index contributed by atoms with van der Waals surface area (Å²) in [5, 5.41) is 5.58. The smallest absolute Gasteiger partial charge is 0.259 e. The molecule has 0 bridgehead atoms. The minimum absolute atomic E-state index is 0.0881. The van der Waals surface area contributed by atoms with Gasteiger partial charge >= 0.3 is 0 Å². The van der Waals surface area contributed by atoms with Crippen LogP contribution < -0.4 is 0 Å². The van der Waals surface area contributed by atoms with Gasteiger partial charge in [-0.1, -0.05) is 31.1 Å². The highest BCUT2D eigenvalue weighted by atomic mass is 32.1. The van der Waals surface area contributed by atoms with E-state index in [0.29, 0.717) is 28.9 Å². The number of carbonyl (C=O) groups is 1. The van der Waals surface area contributed by atoms with Crippen LogP contribution in [0.1, 0.15) is 46.5 Å². The zero-order chi connectivity index (χ0) is 19.1. The number of thiazole rings is 1. The molecule has 1 aromatic carbocycles. The monoisotopic (exact) mass is 380 g/mol. The first-order valence-electron chi connectivity index (χ1n) is 8.81. The van der Waals surface area contributed by atoms with Crippen molar-refractivity contribution in [2.75, 3.05) is 7.05 Å². The lowest BCUT2D eigenvalue weighted by atomic mass is 10.0. The predicted octanol–water partition coefficient (Wildman–Crippen LogP) is 4.54. The number of aryl methyl sites for hydroxylation is 1. The maximum atomic E-state index is 13.2. The van der Waals surface area contributed by atoms with Gasteiger partial charge in [0.1, 0.15) is 5.01 Å². The number of aromatic nitrogens is 3. The Kier molecular flexibility index (Phi) is 4.39. The number of amides is 1. The number of nitrogens with zero attached hydrogens (tertiary/aromatic N) is 4. The fourth-order valence-electron chi connectivity index (χ4n) is 3.05. The number of benzene rings is 1. The van der Waals surface area contributed by atoms with Crippen LogP contribution in [-0.4, -0.2) is 33.0 Å². The summed E-state index contributed by atoms with van der Waals surface area (Å²) >= 11 is 1.61. The van der Waals surface area contributed by atoms with Gasteiger partial charge in [0.05, 0.1) is 33.4 Å². The number of fused-ring (bicyclic) bond motifs is 2. The largest absolute Gasteiger partial charge is 0.336 e. The molecule has 7 heteroatoms. The SMILES string of the molecule is Cc1noc2nc(C(C)C)cc(C(=O)N(C)Cc3nc4ccccc4s3)c12. The molecule has 4 aromatic rings. The van der Waals surface area contributed by atoms with Gasteiger partial charge in [-0.05, 0) is 31.0 Å². The van der Waals surface area contributed by atoms with Crippen molar-refractivity contribution in [2.24, 2.45) is 0 Å². The Morgan fingerprint density at radius 2 is 2.04 bits per heavy atom. The molecule has 0 aliphatic rings. The lowest BCUT2D eigenvalue weighted by Crippen LogP contribution is -2.26. The first kappa shape index (κ1) is 17.6. The van der Waals surface area contributed by atoms with Crippen molar-refractivity contribution in [3.05, 3.63) is 52.3 Å². The molecule has 1 amide bonds. The Morgan fingerprint density at radius 3 is 2.78 bits per heavy atom. The van der Waals surface area contributed by atoms with Crippen LogP contribution in [0.4, 0.5) is 0 Å². The highest BCUT2D eigenvalue weighted by Crippen LogP contribution is 2.27. The van der Waals surface area contributed by atoms with Gasteiger partial charge in [0.15, 0.2) is 0 Å². The molecular weight excluding hydrogens is 360 g/mol. The van der Waals surface area contributed by atoms with Crippen LogP contribution in [0.2, 0.25) is 0 Å². The van der Waals surface area contributed by atoms with E-state index in [4.69, 9.17) is 4.52 Å². The van der Waals surface area contributed by atoms with Crippen LogP contribution in [0.25, 0.3) is 21.3 Å². The average Bonchev–Trinajstić information content (AvgIpc) is 3.23. The topological polar surface area (TPSA) is 72.1 Å². The first-order valence-corrected chi connectivity index (χ1v) is 9.62. The Labute approximate surface area is 160 Å². The normalized spacial score (nSPS) is 11.6. The highest BCUT2D eigenvalue weighted by Gasteiger charge is 2.22. The number of hydrogen-bond donors (Lipinski definition) is 0. The van der Waals surface area contributed by atoms with E-state index in [1.54, 1.807) is 23.3 Å². The molecule has 0 unspecified atom stereocenters. The number of rotatable bonds is 4. The summed E-state index contributed by atoms with van der Waals surface area (Å²) in [6.45, 7) is 6.35. The predicted molar refractivity (Wildman–Crippen MR) is 106 cm³/mol. The van der Waals surface area contributed by atoms with E-state index >= 15 is 0 Å². The van der Waals surface area contributed by atoms with Crippen molar-refractivity contribution < 1.29 is 9.32 Å². The lowest BCUT2D eigenvalue weighted by Gasteiger charge is -2.17. The molecule has 0 saturated carbocycles. The van der Waals surface area contributed by atoms with E-state index in [2.05, 4.69) is 15.1 Å². The van der Waals surface area contributed by atoms with Crippen molar-refractivity contribution in [2.45, 2.75) is 33.2 Å². The summed E-state index contributed by atoms with van der Waals surface area (Å²) in [7, 11) is 1.79. The average molecular weight is 380 g/mol. The number of hydrogen-bond acceptors (Lipinski definition) is 6. The summed E-state index contributed by atoms with van der Waals surface area (Å²) < 4.78 is 6.45. The molecule has 3 heterocycles. The van der Waals surface area contributed by atoms with Gasteiger partial charge in [0.2, 0.25) is 0 Å². The fourth-order valence-corrected chi connectivity index (χ4v) is 4.07. The molecular formula is C20H20N4O2S. The number of carbonyl (C=O) groups excluding carboxylic acids is 1. The first-order chi connectivity index (χ1) is 12.9. The van der Waals surface area contributed by atoms with E-state index in [-0.39, 0.29) is 11.8 Å². The van der Waals surface area contributed by atoms with Crippen LogP contribution in [-0.2, 0) is 6.54 Å².